The second-order valence-corrected chi connectivity index (χ2v) is 5.28. The summed E-state index contributed by atoms with van der Waals surface area (Å²) in [5.74, 6) is 0.134. The fourth-order valence-corrected chi connectivity index (χ4v) is 2.52. The molecule has 0 aliphatic rings. The van der Waals surface area contributed by atoms with Crippen LogP contribution in [-0.4, -0.2) is 7.11 Å². The summed E-state index contributed by atoms with van der Waals surface area (Å²) < 4.78 is 20.0. The van der Waals surface area contributed by atoms with Gasteiger partial charge in [-0.15, -0.1) is 0 Å². The van der Waals surface area contributed by atoms with Crippen molar-refractivity contribution in [2.24, 2.45) is 5.73 Å². The Morgan fingerprint density at radius 2 is 1.84 bits per heavy atom. The molecule has 0 saturated carbocycles. The highest BCUT2D eigenvalue weighted by molar-refractivity contribution is 9.10. The predicted octanol–water partition coefficient (Wildman–Crippen LogP) is 3.95. The summed E-state index contributed by atoms with van der Waals surface area (Å²) in [6.45, 7) is 1.96. The van der Waals surface area contributed by atoms with Gasteiger partial charge in [0.2, 0.25) is 0 Å². The van der Waals surface area contributed by atoms with Crippen molar-refractivity contribution < 1.29 is 9.13 Å². The molecule has 2 aromatic rings. The largest absolute Gasteiger partial charge is 0.497 e. The van der Waals surface area contributed by atoms with Crippen LogP contribution in [0.2, 0.25) is 0 Å². The molecule has 0 spiro atoms. The van der Waals surface area contributed by atoms with Crippen LogP contribution >= 0.6 is 15.9 Å². The second kappa shape index (κ2) is 5.72. The molecule has 2 aromatic carbocycles. The van der Waals surface area contributed by atoms with E-state index in [0.717, 1.165) is 15.6 Å². The SMILES string of the molecule is COc1ccc(C(N)c2ccc(Br)cc2C)c(F)c1. The molecule has 1 atom stereocenters. The summed E-state index contributed by atoms with van der Waals surface area (Å²) in [4.78, 5) is 0. The third-order valence-electron chi connectivity index (χ3n) is 3.11. The van der Waals surface area contributed by atoms with E-state index < -0.39 is 6.04 Å². The summed E-state index contributed by atoms with van der Waals surface area (Å²) in [5.41, 5.74) is 8.56. The zero-order chi connectivity index (χ0) is 14.0. The number of rotatable bonds is 3. The van der Waals surface area contributed by atoms with Crippen molar-refractivity contribution in [3.63, 3.8) is 0 Å². The Labute approximate surface area is 120 Å². The number of aryl methyl sites for hydroxylation is 1. The average molecular weight is 324 g/mol. The molecule has 2 N–H and O–H groups in total. The minimum Gasteiger partial charge on any atom is -0.497 e. The summed E-state index contributed by atoms with van der Waals surface area (Å²) in [5, 5.41) is 0. The topological polar surface area (TPSA) is 35.2 Å². The number of halogens is 2. The Morgan fingerprint density at radius 3 is 2.42 bits per heavy atom. The minimum atomic E-state index is -0.487. The maximum absolute atomic E-state index is 14.0. The Balaban J connectivity index is 2.41. The molecule has 2 rings (SSSR count). The lowest BCUT2D eigenvalue weighted by atomic mass is 9.95. The van der Waals surface area contributed by atoms with Gasteiger partial charge >= 0.3 is 0 Å². The van der Waals surface area contributed by atoms with E-state index in [2.05, 4.69) is 15.9 Å². The lowest BCUT2D eigenvalue weighted by Crippen LogP contribution is -2.15. The highest BCUT2D eigenvalue weighted by Crippen LogP contribution is 2.28. The van der Waals surface area contributed by atoms with E-state index in [9.17, 15) is 4.39 Å². The van der Waals surface area contributed by atoms with E-state index in [1.165, 1.54) is 13.2 Å². The number of hydrogen-bond acceptors (Lipinski definition) is 2. The first-order valence-electron chi connectivity index (χ1n) is 5.88. The molecule has 1 unspecified atom stereocenters. The van der Waals surface area contributed by atoms with Gasteiger partial charge in [-0.05, 0) is 36.2 Å². The Morgan fingerprint density at radius 1 is 1.16 bits per heavy atom. The highest BCUT2D eigenvalue weighted by Gasteiger charge is 2.16. The van der Waals surface area contributed by atoms with Gasteiger partial charge in [-0.1, -0.05) is 28.1 Å². The summed E-state index contributed by atoms with van der Waals surface area (Å²) in [6.07, 6.45) is 0. The molecular weight excluding hydrogens is 309 g/mol. The molecule has 0 amide bonds. The van der Waals surface area contributed by atoms with E-state index >= 15 is 0 Å². The van der Waals surface area contributed by atoms with Crippen LogP contribution in [-0.2, 0) is 0 Å². The van der Waals surface area contributed by atoms with Crippen molar-refractivity contribution in [2.45, 2.75) is 13.0 Å². The number of ether oxygens (including phenoxy) is 1. The predicted molar refractivity (Wildman–Crippen MR) is 77.9 cm³/mol. The molecule has 0 bridgehead atoms. The fourth-order valence-electron chi connectivity index (χ4n) is 2.04. The van der Waals surface area contributed by atoms with E-state index in [0.29, 0.717) is 11.3 Å². The maximum Gasteiger partial charge on any atom is 0.132 e. The van der Waals surface area contributed by atoms with Gasteiger partial charge in [0.15, 0.2) is 0 Å². The number of nitrogens with two attached hydrogens (primary N) is 1. The third kappa shape index (κ3) is 2.96. The zero-order valence-electron chi connectivity index (χ0n) is 10.8. The van der Waals surface area contributed by atoms with Crippen molar-refractivity contribution in [3.8, 4) is 5.75 Å². The Kier molecular flexibility index (Phi) is 4.22. The lowest BCUT2D eigenvalue weighted by Gasteiger charge is -2.16. The minimum absolute atomic E-state index is 0.353. The van der Waals surface area contributed by atoms with Gasteiger partial charge in [0.25, 0.3) is 0 Å². The number of methoxy groups -OCH3 is 1. The van der Waals surface area contributed by atoms with Crippen LogP contribution in [0.4, 0.5) is 4.39 Å². The monoisotopic (exact) mass is 323 g/mol. The first-order valence-corrected chi connectivity index (χ1v) is 6.67. The molecule has 0 aromatic heterocycles. The zero-order valence-corrected chi connectivity index (χ0v) is 12.4. The fraction of sp³-hybridized carbons (Fsp3) is 0.200. The van der Waals surface area contributed by atoms with Crippen molar-refractivity contribution in [1.82, 2.24) is 0 Å². The molecule has 2 nitrogen and oxygen atoms in total. The smallest absolute Gasteiger partial charge is 0.132 e. The molecule has 100 valence electrons. The van der Waals surface area contributed by atoms with Crippen LogP contribution < -0.4 is 10.5 Å². The van der Waals surface area contributed by atoms with Gasteiger partial charge in [0, 0.05) is 16.1 Å². The van der Waals surface area contributed by atoms with Gasteiger partial charge < -0.3 is 10.5 Å². The van der Waals surface area contributed by atoms with Crippen LogP contribution in [0.25, 0.3) is 0 Å². The summed E-state index contributed by atoms with van der Waals surface area (Å²) >= 11 is 3.40. The molecule has 0 saturated heterocycles. The molecule has 0 heterocycles. The van der Waals surface area contributed by atoms with Crippen LogP contribution in [0.5, 0.6) is 5.75 Å². The quantitative estimate of drug-likeness (QED) is 0.928. The molecule has 0 fully saturated rings. The number of hydrogen-bond donors (Lipinski definition) is 1. The highest BCUT2D eigenvalue weighted by atomic mass is 79.9. The number of benzene rings is 2. The van der Waals surface area contributed by atoms with Gasteiger partial charge in [0.1, 0.15) is 11.6 Å². The van der Waals surface area contributed by atoms with E-state index in [-0.39, 0.29) is 5.82 Å². The molecule has 4 heteroatoms. The van der Waals surface area contributed by atoms with Crippen LogP contribution in [0.15, 0.2) is 40.9 Å². The average Bonchev–Trinajstić information content (AvgIpc) is 2.37. The Hall–Kier alpha value is -1.39. The van der Waals surface area contributed by atoms with E-state index in [1.807, 2.05) is 25.1 Å². The maximum atomic E-state index is 14.0. The van der Waals surface area contributed by atoms with Gasteiger partial charge in [-0.2, -0.15) is 0 Å². The van der Waals surface area contributed by atoms with Crippen molar-refractivity contribution in [1.29, 1.82) is 0 Å². The Bertz CT molecular complexity index is 601. The van der Waals surface area contributed by atoms with Crippen molar-refractivity contribution in [3.05, 3.63) is 63.4 Å². The molecule has 0 radical (unpaired) electrons. The van der Waals surface area contributed by atoms with Gasteiger partial charge in [0.05, 0.1) is 13.2 Å². The van der Waals surface area contributed by atoms with Crippen molar-refractivity contribution in [2.75, 3.05) is 7.11 Å². The standard InChI is InChI=1S/C15H15BrFNO/c1-9-7-10(16)3-5-12(9)15(18)13-6-4-11(19-2)8-14(13)17/h3-8,15H,18H2,1-2H3. The van der Waals surface area contributed by atoms with Crippen LogP contribution in [0.1, 0.15) is 22.7 Å². The molecule has 0 aliphatic heterocycles. The van der Waals surface area contributed by atoms with E-state index in [1.54, 1.807) is 12.1 Å². The summed E-state index contributed by atoms with van der Waals surface area (Å²) in [7, 11) is 1.51. The van der Waals surface area contributed by atoms with Gasteiger partial charge in [-0.3, -0.25) is 0 Å². The third-order valence-corrected chi connectivity index (χ3v) is 3.60. The molecule has 0 aliphatic carbocycles. The first-order chi connectivity index (χ1) is 9.02. The normalized spacial score (nSPS) is 12.3. The van der Waals surface area contributed by atoms with E-state index in [4.69, 9.17) is 10.5 Å². The van der Waals surface area contributed by atoms with Crippen molar-refractivity contribution >= 4 is 15.9 Å². The lowest BCUT2D eigenvalue weighted by molar-refractivity contribution is 0.410. The molecular formula is C15H15BrFNO. The van der Waals surface area contributed by atoms with Gasteiger partial charge in [-0.25, -0.2) is 4.39 Å². The van der Waals surface area contributed by atoms with Crippen LogP contribution in [0.3, 0.4) is 0 Å². The second-order valence-electron chi connectivity index (χ2n) is 4.37. The summed E-state index contributed by atoms with van der Waals surface area (Å²) in [6, 6.07) is 10.0. The van der Waals surface area contributed by atoms with Crippen LogP contribution in [0, 0.1) is 12.7 Å². The first kappa shape index (κ1) is 14.0. The molecule has 19 heavy (non-hydrogen) atoms.